The Labute approximate surface area is 138 Å². The second kappa shape index (κ2) is 8.25. The van der Waals surface area contributed by atoms with Gasteiger partial charge in [0.25, 0.3) is 0 Å². The number of aliphatic hydroxyl groups is 2. The summed E-state index contributed by atoms with van der Waals surface area (Å²) in [4.78, 5) is 0. The number of para-hydroxylation sites is 2. The van der Waals surface area contributed by atoms with E-state index in [1.165, 1.54) is 0 Å². The molecular weight excluding hydrogens is 327 g/mol. The lowest BCUT2D eigenvalue weighted by atomic mass is 10.2. The van der Waals surface area contributed by atoms with Gasteiger partial charge in [-0.05, 0) is 24.3 Å². The van der Waals surface area contributed by atoms with Crippen molar-refractivity contribution in [3.63, 3.8) is 0 Å². The van der Waals surface area contributed by atoms with Crippen LogP contribution in [0.3, 0.4) is 0 Å². The fraction of sp³-hybridized carbons (Fsp3) is 0.250. The zero-order valence-corrected chi connectivity index (χ0v) is 13.2. The molecule has 2 atom stereocenters. The van der Waals surface area contributed by atoms with Crippen LogP contribution in [0.1, 0.15) is 0 Å². The average Bonchev–Trinajstić information content (AvgIpc) is 2.52. The van der Waals surface area contributed by atoms with Crippen LogP contribution in [-0.4, -0.2) is 35.6 Å². The van der Waals surface area contributed by atoms with Gasteiger partial charge in [-0.2, -0.15) is 0 Å². The Hall–Kier alpha value is -1.46. The first-order chi connectivity index (χ1) is 10.6. The molecule has 0 fully saturated rings. The van der Waals surface area contributed by atoms with Crippen molar-refractivity contribution in [2.75, 3.05) is 13.2 Å². The van der Waals surface area contributed by atoms with Crippen LogP contribution < -0.4 is 9.47 Å². The number of hydrogen-bond acceptors (Lipinski definition) is 4. The third kappa shape index (κ3) is 4.78. The Morgan fingerprint density at radius 2 is 1.09 bits per heavy atom. The summed E-state index contributed by atoms with van der Waals surface area (Å²) >= 11 is 11.9. The van der Waals surface area contributed by atoms with Crippen molar-refractivity contribution >= 4 is 23.2 Å². The maximum absolute atomic E-state index is 9.89. The monoisotopic (exact) mass is 342 g/mol. The van der Waals surface area contributed by atoms with Crippen LogP contribution >= 0.6 is 23.2 Å². The molecule has 2 N–H and O–H groups in total. The predicted octanol–water partition coefficient (Wildman–Crippen LogP) is 3.17. The summed E-state index contributed by atoms with van der Waals surface area (Å²) in [6.07, 6.45) is -2.22. The molecule has 0 heterocycles. The molecule has 0 amide bonds. The van der Waals surface area contributed by atoms with Gasteiger partial charge in [0, 0.05) is 0 Å². The lowest BCUT2D eigenvalue weighted by molar-refractivity contribution is -0.0288. The zero-order chi connectivity index (χ0) is 15.9. The Bertz CT molecular complexity index is 553. The molecule has 2 rings (SSSR count). The summed E-state index contributed by atoms with van der Waals surface area (Å²) in [7, 11) is 0. The smallest absolute Gasteiger partial charge is 0.138 e. The second-order valence-electron chi connectivity index (χ2n) is 4.62. The fourth-order valence-electron chi connectivity index (χ4n) is 1.70. The van der Waals surface area contributed by atoms with Crippen LogP contribution in [-0.2, 0) is 0 Å². The molecule has 118 valence electrons. The zero-order valence-electron chi connectivity index (χ0n) is 11.7. The van der Waals surface area contributed by atoms with E-state index in [1.807, 2.05) is 0 Å². The van der Waals surface area contributed by atoms with E-state index in [0.29, 0.717) is 21.5 Å². The third-order valence-electron chi connectivity index (χ3n) is 2.94. The van der Waals surface area contributed by atoms with Crippen LogP contribution in [0.15, 0.2) is 48.5 Å². The number of hydrogen-bond donors (Lipinski definition) is 2. The molecule has 6 heteroatoms. The molecule has 0 aliphatic carbocycles. The van der Waals surface area contributed by atoms with Gasteiger partial charge >= 0.3 is 0 Å². The molecule has 0 aliphatic rings. The third-order valence-corrected chi connectivity index (χ3v) is 3.56. The first-order valence-corrected chi connectivity index (χ1v) is 7.44. The van der Waals surface area contributed by atoms with E-state index in [9.17, 15) is 10.2 Å². The Balaban J connectivity index is 1.81. The van der Waals surface area contributed by atoms with Gasteiger partial charge in [0.05, 0.1) is 10.0 Å². The van der Waals surface area contributed by atoms with Gasteiger partial charge in [0.15, 0.2) is 0 Å². The maximum Gasteiger partial charge on any atom is 0.138 e. The molecule has 0 saturated heterocycles. The minimum atomic E-state index is -1.11. The standard InChI is InChI=1S/C16H16Cl2O4/c17-11-5-1-3-7-15(11)21-9-13(19)14(20)10-22-16-8-4-2-6-12(16)18/h1-8,13-14,19-20H,9-10H2/t13-,14-/m0/s1. The topological polar surface area (TPSA) is 58.9 Å². The number of ether oxygens (including phenoxy) is 2. The predicted molar refractivity (Wildman–Crippen MR) is 85.9 cm³/mol. The van der Waals surface area contributed by atoms with Gasteiger partial charge in [0.2, 0.25) is 0 Å². The highest BCUT2D eigenvalue weighted by atomic mass is 35.5. The van der Waals surface area contributed by atoms with Crippen molar-refractivity contribution in [2.45, 2.75) is 12.2 Å². The SMILES string of the molecule is O[C@@H](COc1ccccc1Cl)[C@@H](O)COc1ccccc1Cl. The van der Waals surface area contributed by atoms with E-state index < -0.39 is 12.2 Å². The van der Waals surface area contributed by atoms with E-state index in [2.05, 4.69) is 0 Å². The molecule has 0 spiro atoms. The van der Waals surface area contributed by atoms with Crippen molar-refractivity contribution in [3.05, 3.63) is 58.6 Å². The quantitative estimate of drug-likeness (QED) is 0.811. The Morgan fingerprint density at radius 3 is 1.45 bits per heavy atom. The number of aliphatic hydroxyl groups excluding tert-OH is 2. The molecule has 2 aromatic rings. The van der Waals surface area contributed by atoms with Crippen molar-refractivity contribution in [3.8, 4) is 11.5 Å². The Kier molecular flexibility index (Phi) is 6.34. The molecule has 0 aromatic heterocycles. The number of rotatable bonds is 7. The van der Waals surface area contributed by atoms with Crippen LogP contribution in [0.5, 0.6) is 11.5 Å². The number of halogens is 2. The lowest BCUT2D eigenvalue weighted by Crippen LogP contribution is -2.36. The molecular formula is C16H16Cl2O4. The summed E-state index contributed by atoms with van der Waals surface area (Å²) in [5.41, 5.74) is 0. The second-order valence-corrected chi connectivity index (χ2v) is 5.43. The van der Waals surface area contributed by atoms with Gasteiger partial charge in [-0.15, -0.1) is 0 Å². The minimum Gasteiger partial charge on any atom is -0.489 e. The number of benzene rings is 2. The molecule has 0 bridgehead atoms. The summed E-state index contributed by atoms with van der Waals surface area (Å²) in [5, 5.41) is 20.7. The molecule has 0 unspecified atom stereocenters. The highest BCUT2D eigenvalue weighted by molar-refractivity contribution is 6.32. The summed E-state index contributed by atoms with van der Waals surface area (Å²) < 4.78 is 10.7. The van der Waals surface area contributed by atoms with Gasteiger partial charge in [-0.25, -0.2) is 0 Å². The van der Waals surface area contributed by atoms with Crippen molar-refractivity contribution in [1.82, 2.24) is 0 Å². The molecule has 0 radical (unpaired) electrons. The molecule has 0 saturated carbocycles. The van der Waals surface area contributed by atoms with Gasteiger partial charge in [-0.3, -0.25) is 0 Å². The first kappa shape index (κ1) is 16.9. The van der Waals surface area contributed by atoms with E-state index in [-0.39, 0.29) is 13.2 Å². The normalized spacial score (nSPS) is 13.5. The molecule has 0 aliphatic heterocycles. The Morgan fingerprint density at radius 1 is 0.727 bits per heavy atom. The van der Waals surface area contributed by atoms with Crippen molar-refractivity contribution in [1.29, 1.82) is 0 Å². The average molecular weight is 343 g/mol. The summed E-state index contributed by atoms with van der Waals surface area (Å²) in [6, 6.07) is 13.8. The molecule has 2 aromatic carbocycles. The lowest BCUT2D eigenvalue weighted by Gasteiger charge is -2.19. The van der Waals surface area contributed by atoms with E-state index in [1.54, 1.807) is 48.5 Å². The van der Waals surface area contributed by atoms with Crippen LogP contribution in [0, 0.1) is 0 Å². The largest absolute Gasteiger partial charge is 0.489 e. The van der Waals surface area contributed by atoms with Gasteiger partial charge in [0.1, 0.15) is 36.9 Å². The maximum atomic E-state index is 9.89. The van der Waals surface area contributed by atoms with Gasteiger partial charge < -0.3 is 19.7 Å². The highest BCUT2D eigenvalue weighted by Gasteiger charge is 2.19. The van der Waals surface area contributed by atoms with Gasteiger partial charge in [-0.1, -0.05) is 47.5 Å². The fourth-order valence-corrected chi connectivity index (χ4v) is 2.08. The van der Waals surface area contributed by atoms with Crippen LogP contribution in [0.25, 0.3) is 0 Å². The van der Waals surface area contributed by atoms with Crippen LogP contribution in [0.2, 0.25) is 10.0 Å². The van der Waals surface area contributed by atoms with E-state index in [0.717, 1.165) is 0 Å². The van der Waals surface area contributed by atoms with Crippen LogP contribution in [0.4, 0.5) is 0 Å². The van der Waals surface area contributed by atoms with Crippen molar-refractivity contribution in [2.24, 2.45) is 0 Å². The molecule has 22 heavy (non-hydrogen) atoms. The molecule has 4 nitrogen and oxygen atoms in total. The highest BCUT2D eigenvalue weighted by Crippen LogP contribution is 2.24. The summed E-state index contributed by atoms with van der Waals surface area (Å²) in [5.74, 6) is 0.893. The van der Waals surface area contributed by atoms with E-state index in [4.69, 9.17) is 32.7 Å². The van der Waals surface area contributed by atoms with E-state index >= 15 is 0 Å². The van der Waals surface area contributed by atoms with Crippen molar-refractivity contribution < 1.29 is 19.7 Å². The first-order valence-electron chi connectivity index (χ1n) is 6.68. The minimum absolute atomic E-state index is 0.100. The summed E-state index contributed by atoms with van der Waals surface area (Å²) in [6.45, 7) is -0.201.